The van der Waals surface area contributed by atoms with Crippen molar-refractivity contribution in [2.45, 2.75) is 51.7 Å². The first-order valence-corrected chi connectivity index (χ1v) is 15.6. The number of carboxylic acids is 1. The Morgan fingerprint density at radius 1 is 1.06 bits per heavy atom. The predicted molar refractivity (Wildman–Crippen MR) is 147 cm³/mol. The van der Waals surface area contributed by atoms with Crippen molar-refractivity contribution in [1.29, 1.82) is 0 Å². The molecule has 1 aliphatic rings. The summed E-state index contributed by atoms with van der Waals surface area (Å²) >= 11 is 0. The summed E-state index contributed by atoms with van der Waals surface area (Å²) in [6.45, 7) is 2.99. The summed E-state index contributed by atoms with van der Waals surface area (Å²) in [4.78, 5) is 20.3. The van der Waals surface area contributed by atoms with Crippen LogP contribution in [0.3, 0.4) is 0 Å². The minimum absolute atomic E-state index is 0.300. The van der Waals surface area contributed by atoms with E-state index in [4.69, 9.17) is 14.8 Å². The van der Waals surface area contributed by atoms with Crippen LogP contribution in [-0.2, 0) is 16.3 Å². The van der Waals surface area contributed by atoms with Crippen LogP contribution in [0.5, 0.6) is 0 Å². The summed E-state index contributed by atoms with van der Waals surface area (Å²) in [7, 11) is -0.582. The number of aryl methyl sites for hydroxylation is 1. The number of hydrogen-bond donors (Lipinski definition) is 1. The van der Waals surface area contributed by atoms with Crippen molar-refractivity contribution < 1.29 is 14.6 Å². The van der Waals surface area contributed by atoms with Gasteiger partial charge in [-0.3, -0.25) is 9.78 Å². The molecular formula is C28H38N4O3S. The Morgan fingerprint density at radius 3 is 2.36 bits per heavy atom. The topological polar surface area (TPSA) is 90.1 Å². The van der Waals surface area contributed by atoms with Crippen molar-refractivity contribution in [2.24, 2.45) is 5.92 Å². The number of aliphatic carboxylic acids is 1. The number of ether oxygens (including phenoxy) is 1. The fourth-order valence-electron chi connectivity index (χ4n) is 4.79. The molecule has 0 unspecified atom stereocenters. The van der Waals surface area contributed by atoms with Crippen molar-refractivity contribution in [3.05, 3.63) is 54.0 Å². The molecule has 0 atom stereocenters. The lowest BCUT2D eigenvalue weighted by Crippen LogP contribution is -2.16. The average molecular weight is 511 g/mol. The molecule has 7 nitrogen and oxygen atoms in total. The van der Waals surface area contributed by atoms with Crippen LogP contribution < -0.4 is 0 Å². The normalized spacial score (nSPS) is 18.8. The van der Waals surface area contributed by atoms with Gasteiger partial charge in [-0.25, -0.2) is 19.7 Å². The summed E-state index contributed by atoms with van der Waals surface area (Å²) in [6.07, 6.45) is 13.1. The van der Waals surface area contributed by atoms with Crippen LogP contribution in [-0.4, -0.2) is 62.0 Å². The van der Waals surface area contributed by atoms with Gasteiger partial charge in [0, 0.05) is 29.5 Å². The van der Waals surface area contributed by atoms with Gasteiger partial charge in [0.15, 0.2) is 5.82 Å². The van der Waals surface area contributed by atoms with E-state index in [1.165, 1.54) is 5.56 Å². The highest BCUT2D eigenvalue weighted by Gasteiger charge is 2.24. The van der Waals surface area contributed by atoms with Crippen LogP contribution in [0.25, 0.3) is 22.6 Å². The summed E-state index contributed by atoms with van der Waals surface area (Å²) in [5.41, 5.74) is 4.25. The van der Waals surface area contributed by atoms with Gasteiger partial charge in [0.2, 0.25) is 0 Å². The molecule has 8 heteroatoms. The molecule has 1 N–H and O–H groups in total. The van der Waals surface area contributed by atoms with E-state index in [1.54, 1.807) is 0 Å². The van der Waals surface area contributed by atoms with Crippen LogP contribution >= 0.6 is 10.0 Å². The number of aromatic nitrogens is 4. The van der Waals surface area contributed by atoms with Crippen molar-refractivity contribution in [3.63, 3.8) is 0 Å². The fourth-order valence-corrected chi connectivity index (χ4v) is 5.41. The molecule has 1 aromatic carbocycles. The minimum Gasteiger partial charge on any atom is -0.481 e. The van der Waals surface area contributed by atoms with Gasteiger partial charge in [-0.2, -0.15) is 5.10 Å². The highest BCUT2D eigenvalue weighted by Crippen LogP contribution is 2.37. The Kier molecular flexibility index (Phi) is 8.46. The minimum atomic E-state index is -0.679. The molecule has 0 bridgehead atoms. The van der Waals surface area contributed by atoms with E-state index in [1.807, 2.05) is 29.9 Å². The standard InChI is InChI=1S/C28H38N4O3S/c1-20-30-28(32(31-20)19-35-15-16-36(2,3)4)25-13-14-26(29-18-25)24-11-9-23(10-12-24)22-7-5-21(6-8-22)17-27(33)34/h9-14,18,21-22H,5-8,15-17,19H2,1-4H3,(H,33,34). The largest absolute Gasteiger partial charge is 0.481 e. The van der Waals surface area contributed by atoms with E-state index < -0.39 is 16.0 Å². The maximum Gasteiger partial charge on any atom is 0.303 e. The SMILES string of the molecule is Cc1nc(-c2ccc(-c3ccc(C4CCC(CC(=O)O)CC4)cc3)nc2)n(COCCS(C)(C)C)n1. The summed E-state index contributed by atoms with van der Waals surface area (Å²) in [6, 6.07) is 12.7. The van der Waals surface area contributed by atoms with Crippen LogP contribution in [0.1, 0.15) is 49.4 Å². The second kappa shape index (κ2) is 11.6. The van der Waals surface area contributed by atoms with E-state index in [0.29, 0.717) is 37.4 Å². The molecule has 4 rings (SSSR count). The van der Waals surface area contributed by atoms with Crippen LogP contribution in [0, 0.1) is 12.8 Å². The maximum absolute atomic E-state index is 11.0. The molecule has 1 aliphatic carbocycles. The lowest BCUT2D eigenvalue weighted by molar-refractivity contribution is -0.138. The smallest absolute Gasteiger partial charge is 0.303 e. The summed E-state index contributed by atoms with van der Waals surface area (Å²) < 4.78 is 7.69. The number of carboxylic acid groups (broad SMARTS) is 1. The number of hydrogen-bond acceptors (Lipinski definition) is 5. The highest BCUT2D eigenvalue weighted by atomic mass is 32.3. The Balaban J connectivity index is 1.38. The van der Waals surface area contributed by atoms with Crippen molar-refractivity contribution in [2.75, 3.05) is 31.1 Å². The van der Waals surface area contributed by atoms with Gasteiger partial charge < -0.3 is 9.84 Å². The Bertz CT molecular complexity index is 1150. The lowest BCUT2D eigenvalue weighted by Gasteiger charge is -2.28. The number of pyridine rings is 1. The molecule has 0 aliphatic heterocycles. The van der Waals surface area contributed by atoms with E-state index in [9.17, 15) is 4.79 Å². The fraction of sp³-hybridized carbons (Fsp3) is 0.500. The molecule has 2 heterocycles. The number of rotatable bonds is 10. The first-order valence-electron chi connectivity index (χ1n) is 12.6. The zero-order valence-corrected chi connectivity index (χ0v) is 22.6. The zero-order chi connectivity index (χ0) is 25.7. The third-order valence-corrected chi connectivity index (χ3v) is 8.23. The van der Waals surface area contributed by atoms with Crippen LogP contribution in [0.4, 0.5) is 0 Å². The lowest BCUT2D eigenvalue weighted by atomic mass is 9.77. The quantitative estimate of drug-likeness (QED) is 0.350. The van der Waals surface area contributed by atoms with Crippen LogP contribution in [0.15, 0.2) is 42.6 Å². The maximum atomic E-state index is 11.0. The zero-order valence-electron chi connectivity index (χ0n) is 21.8. The average Bonchev–Trinajstić information content (AvgIpc) is 3.22. The number of nitrogens with zero attached hydrogens (tertiary/aromatic N) is 4. The molecular weight excluding hydrogens is 472 g/mol. The second-order valence-electron chi connectivity index (χ2n) is 10.7. The predicted octanol–water partition coefficient (Wildman–Crippen LogP) is 5.73. The molecule has 1 saturated carbocycles. The Labute approximate surface area is 215 Å². The Hall–Kier alpha value is -2.71. The number of carbonyl (C=O) groups is 1. The molecule has 194 valence electrons. The summed E-state index contributed by atoms with van der Waals surface area (Å²) in [5.74, 6) is 2.71. The van der Waals surface area contributed by atoms with Gasteiger partial charge in [0.1, 0.15) is 12.6 Å². The van der Waals surface area contributed by atoms with Crippen LogP contribution in [0.2, 0.25) is 0 Å². The third-order valence-electron chi connectivity index (χ3n) is 6.84. The molecule has 0 amide bonds. The third kappa shape index (κ3) is 7.17. The number of benzene rings is 1. The first kappa shape index (κ1) is 26.4. The molecule has 0 saturated heterocycles. The Morgan fingerprint density at radius 2 is 1.75 bits per heavy atom. The first-order chi connectivity index (χ1) is 17.2. The van der Waals surface area contributed by atoms with Gasteiger partial charge in [-0.1, -0.05) is 24.3 Å². The molecule has 0 spiro atoms. The van der Waals surface area contributed by atoms with Gasteiger partial charge >= 0.3 is 5.97 Å². The van der Waals surface area contributed by atoms with Crippen molar-refractivity contribution in [1.82, 2.24) is 19.7 Å². The van der Waals surface area contributed by atoms with Gasteiger partial charge in [0.25, 0.3) is 0 Å². The monoisotopic (exact) mass is 510 g/mol. The van der Waals surface area contributed by atoms with Gasteiger partial charge in [-0.05, 0) is 80.9 Å². The molecule has 36 heavy (non-hydrogen) atoms. The van der Waals surface area contributed by atoms with E-state index >= 15 is 0 Å². The molecule has 2 aromatic heterocycles. The van der Waals surface area contributed by atoms with E-state index in [2.05, 4.69) is 53.1 Å². The van der Waals surface area contributed by atoms with Gasteiger partial charge in [0.05, 0.1) is 12.3 Å². The van der Waals surface area contributed by atoms with E-state index in [-0.39, 0.29) is 0 Å². The molecule has 0 radical (unpaired) electrons. The van der Waals surface area contributed by atoms with Crippen molar-refractivity contribution >= 4 is 16.0 Å². The molecule has 3 aromatic rings. The molecule has 1 fully saturated rings. The second-order valence-corrected chi connectivity index (χ2v) is 15.3. The van der Waals surface area contributed by atoms with Gasteiger partial charge in [-0.15, -0.1) is 0 Å². The van der Waals surface area contributed by atoms with Crippen molar-refractivity contribution in [3.8, 4) is 22.6 Å². The van der Waals surface area contributed by atoms with E-state index in [0.717, 1.165) is 54.1 Å². The summed E-state index contributed by atoms with van der Waals surface area (Å²) in [5, 5.41) is 13.5. The highest BCUT2D eigenvalue weighted by molar-refractivity contribution is 8.32.